The number of nitrogens with zero attached hydrogens (tertiary/aromatic N) is 1. The number of hydrogen-bond donors (Lipinski definition) is 2. The van der Waals surface area contributed by atoms with Crippen molar-refractivity contribution in [3.63, 3.8) is 0 Å². The second-order valence-corrected chi connectivity index (χ2v) is 7.44. The molecule has 2 aliphatic rings. The first-order valence-corrected chi connectivity index (χ1v) is 9.33. The Balaban J connectivity index is 1.67. The summed E-state index contributed by atoms with van der Waals surface area (Å²) in [6, 6.07) is 8.13. The monoisotopic (exact) mass is 360 g/mol. The zero-order valence-corrected chi connectivity index (χ0v) is 15.5. The maximum absolute atomic E-state index is 12.8. The van der Waals surface area contributed by atoms with Crippen molar-refractivity contribution in [2.45, 2.75) is 51.7 Å². The van der Waals surface area contributed by atoms with Crippen LogP contribution in [0, 0.1) is 12.3 Å². The van der Waals surface area contributed by atoms with Crippen molar-refractivity contribution in [2.24, 2.45) is 10.6 Å². The Hall–Kier alpha value is -1.92. The van der Waals surface area contributed by atoms with E-state index in [4.69, 9.17) is 9.57 Å². The first kappa shape index (κ1) is 18.9. The largest absolute Gasteiger partial charge is 0.392 e. The number of amides is 1. The van der Waals surface area contributed by atoms with Crippen LogP contribution in [0.3, 0.4) is 0 Å². The Morgan fingerprint density at radius 1 is 1.38 bits per heavy atom. The topological polar surface area (TPSA) is 80.2 Å². The Morgan fingerprint density at radius 3 is 2.81 bits per heavy atom. The number of benzene rings is 1. The summed E-state index contributed by atoms with van der Waals surface area (Å²) in [6.07, 6.45) is 1.98. The number of aliphatic hydroxyl groups excluding tert-OH is 1. The van der Waals surface area contributed by atoms with Gasteiger partial charge in [-0.3, -0.25) is 4.79 Å². The zero-order valence-electron chi connectivity index (χ0n) is 15.5. The molecular formula is C20H28N2O4. The van der Waals surface area contributed by atoms with Gasteiger partial charge in [0, 0.05) is 38.2 Å². The van der Waals surface area contributed by atoms with Crippen LogP contribution in [0.25, 0.3) is 0 Å². The number of hydrogen-bond acceptors (Lipinski definition) is 5. The van der Waals surface area contributed by atoms with Gasteiger partial charge in [0.15, 0.2) is 0 Å². The van der Waals surface area contributed by atoms with Crippen LogP contribution in [0.1, 0.15) is 43.7 Å². The zero-order chi connectivity index (χ0) is 18.6. The van der Waals surface area contributed by atoms with E-state index in [0.29, 0.717) is 38.9 Å². The Labute approximate surface area is 154 Å². The minimum absolute atomic E-state index is 0.0189. The number of carbonyl (C=O) groups is 1. The average Bonchev–Trinajstić information content (AvgIpc) is 3.08. The molecule has 1 fully saturated rings. The molecule has 1 aromatic rings. The molecule has 3 rings (SSSR count). The van der Waals surface area contributed by atoms with E-state index in [1.165, 1.54) is 5.56 Å². The molecule has 142 valence electrons. The second-order valence-electron chi connectivity index (χ2n) is 7.44. The summed E-state index contributed by atoms with van der Waals surface area (Å²) in [5.41, 5.74) is 2.70. The van der Waals surface area contributed by atoms with Crippen molar-refractivity contribution in [3.05, 3.63) is 35.4 Å². The maximum Gasteiger partial charge on any atom is 0.226 e. The molecule has 1 aromatic carbocycles. The fourth-order valence-electron chi connectivity index (χ4n) is 3.74. The molecule has 1 amide bonds. The summed E-state index contributed by atoms with van der Waals surface area (Å²) >= 11 is 0. The lowest BCUT2D eigenvalue weighted by molar-refractivity contribution is -0.140. The van der Waals surface area contributed by atoms with Crippen LogP contribution < -0.4 is 5.32 Å². The van der Waals surface area contributed by atoms with Gasteiger partial charge in [0.25, 0.3) is 0 Å². The lowest BCUT2D eigenvalue weighted by atomic mass is 9.74. The molecule has 0 spiro atoms. The Bertz CT molecular complexity index is 666. The van der Waals surface area contributed by atoms with Gasteiger partial charge in [-0.05, 0) is 32.3 Å². The molecule has 0 aromatic heterocycles. The van der Waals surface area contributed by atoms with E-state index in [2.05, 4.69) is 29.5 Å². The number of carbonyl (C=O) groups excluding carboxylic acids is 1. The normalized spacial score (nSPS) is 23.0. The molecule has 2 atom stereocenters. The van der Waals surface area contributed by atoms with Crippen molar-refractivity contribution < 1.29 is 19.5 Å². The van der Waals surface area contributed by atoms with Gasteiger partial charge in [-0.15, -0.1) is 0 Å². The summed E-state index contributed by atoms with van der Waals surface area (Å²) in [5, 5.41) is 16.6. The number of oxime groups is 1. The predicted octanol–water partition coefficient (Wildman–Crippen LogP) is 2.17. The van der Waals surface area contributed by atoms with Gasteiger partial charge in [0.1, 0.15) is 6.10 Å². The van der Waals surface area contributed by atoms with E-state index in [1.54, 1.807) is 6.92 Å². The Kier molecular flexibility index (Phi) is 5.94. The minimum Gasteiger partial charge on any atom is -0.392 e. The van der Waals surface area contributed by atoms with Crippen molar-refractivity contribution >= 4 is 11.6 Å². The van der Waals surface area contributed by atoms with E-state index < -0.39 is 11.5 Å². The summed E-state index contributed by atoms with van der Waals surface area (Å²) in [5.74, 6) is -0.0189. The molecule has 26 heavy (non-hydrogen) atoms. The molecule has 2 N–H and O–H groups in total. The lowest BCUT2D eigenvalue weighted by Gasteiger charge is -2.37. The minimum atomic E-state index is -0.561. The molecule has 0 radical (unpaired) electrons. The van der Waals surface area contributed by atoms with Gasteiger partial charge in [-0.25, -0.2) is 0 Å². The molecule has 2 heterocycles. The summed E-state index contributed by atoms with van der Waals surface area (Å²) in [7, 11) is 0. The standard InChI is InChI=1S/C20H28N2O4/c1-14-5-3-4-6-17(14)18-11-16(26-22-18)12-20(7-9-25-10-8-20)19(24)21-13-15(2)23/h3-6,15-16,23H,7-13H2,1-2H3,(H,21,24)/t15-,16-/m1/s1. The van der Waals surface area contributed by atoms with Crippen LogP contribution in [0.2, 0.25) is 0 Å². The van der Waals surface area contributed by atoms with Crippen LogP contribution in [0.4, 0.5) is 0 Å². The highest BCUT2D eigenvalue weighted by Crippen LogP contribution is 2.38. The molecule has 0 saturated carbocycles. The van der Waals surface area contributed by atoms with Crippen molar-refractivity contribution in [3.8, 4) is 0 Å². The highest BCUT2D eigenvalue weighted by Gasteiger charge is 2.43. The van der Waals surface area contributed by atoms with Crippen molar-refractivity contribution in [1.82, 2.24) is 5.32 Å². The molecule has 6 nitrogen and oxygen atoms in total. The summed E-state index contributed by atoms with van der Waals surface area (Å²) in [4.78, 5) is 18.5. The fourth-order valence-corrected chi connectivity index (χ4v) is 3.74. The van der Waals surface area contributed by atoms with E-state index in [1.807, 2.05) is 12.1 Å². The average molecular weight is 360 g/mol. The van der Waals surface area contributed by atoms with E-state index in [-0.39, 0.29) is 18.6 Å². The Morgan fingerprint density at radius 2 is 2.12 bits per heavy atom. The van der Waals surface area contributed by atoms with Gasteiger partial charge in [0.05, 0.1) is 17.2 Å². The number of ether oxygens (including phenoxy) is 1. The van der Waals surface area contributed by atoms with Crippen LogP contribution in [-0.2, 0) is 14.4 Å². The molecule has 1 saturated heterocycles. The first-order chi connectivity index (χ1) is 12.5. The SMILES string of the molecule is Cc1ccccc1C1=NO[C@@H](CC2(C(=O)NC[C@@H](C)O)CCOCC2)C1. The fraction of sp³-hybridized carbons (Fsp3) is 0.600. The highest BCUT2D eigenvalue weighted by atomic mass is 16.6. The van der Waals surface area contributed by atoms with Gasteiger partial charge in [-0.1, -0.05) is 29.4 Å². The quantitative estimate of drug-likeness (QED) is 0.815. The molecule has 2 aliphatic heterocycles. The molecule has 6 heteroatoms. The third-order valence-corrected chi connectivity index (χ3v) is 5.30. The van der Waals surface area contributed by atoms with E-state index in [9.17, 15) is 9.90 Å². The van der Waals surface area contributed by atoms with E-state index >= 15 is 0 Å². The third-order valence-electron chi connectivity index (χ3n) is 5.30. The molecular weight excluding hydrogens is 332 g/mol. The molecule has 0 bridgehead atoms. The van der Waals surface area contributed by atoms with Crippen LogP contribution in [0.15, 0.2) is 29.4 Å². The molecule has 0 aliphatic carbocycles. The van der Waals surface area contributed by atoms with E-state index in [0.717, 1.165) is 11.3 Å². The number of aliphatic hydroxyl groups is 1. The number of aryl methyl sites for hydroxylation is 1. The van der Waals surface area contributed by atoms with Crippen molar-refractivity contribution in [1.29, 1.82) is 0 Å². The first-order valence-electron chi connectivity index (χ1n) is 9.33. The predicted molar refractivity (Wildman–Crippen MR) is 99.0 cm³/mol. The van der Waals surface area contributed by atoms with Crippen LogP contribution in [0.5, 0.6) is 0 Å². The van der Waals surface area contributed by atoms with Crippen LogP contribution in [-0.4, -0.2) is 48.7 Å². The third kappa shape index (κ3) is 4.24. The second kappa shape index (κ2) is 8.18. The summed E-state index contributed by atoms with van der Waals surface area (Å²) in [6.45, 7) is 5.13. The van der Waals surface area contributed by atoms with Crippen LogP contribution >= 0.6 is 0 Å². The van der Waals surface area contributed by atoms with Gasteiger partial charge in [-0.2, -0.15) is 0 Å². The number of rotatable bonds is 6. The summed E-state index contributed by atoms with van der Waals surface area (Å²) < 4.78 is 5.47. The molecule has 0 unspecified atom stereocenters. The van der Waals surface area contributed by atoms with Gasteiger partial charge >= 0.3 is 0 Å². The highest BCUT2D eigenvalue weighted by molar-refractivity contribution is 6.02. The van der Waals surface area contributed by atoms with Gasteiger partial charge in [0.2, 0.25) is 5.91 Å². The van der Waals surface area contributed by atoms with Crippen molar-refractivity contribution in [2.75, 3.05) is 19.8 Å². The lowest BCUT2D eigenvalue weighted by Crippen LogP contribution is -2.48. The maximum atomic E-state index is 12.8. The van der Waals surface area contributed by atoms with Gasteiger partial charge < -0.3 is 20.0 Å². The number of nitrogens with one attached hydrogen (secondary N) is 1. The smallest absolute Gasteiger partial charge is 0.226 e.